The maximum atomic E-state index is 10.1. The number of hydrogen-bond acceptors (Lipinski definition) is 3. The Morgan fingerprint density at radius 1 is 1.29 bits per heavy atom. The second-order valence-corrected chi connectivity index (χ2v) is 4.88. The SMILES string of the molecule is Cc1ccc(C(O)Cc2cncc(Br)c2)cn1. The van der Waals surface area contributed by atoms with Gasteiger partial charge in [-0.05, 0) is 46.1 Å². The van der Waals surface area contributed by atoms with Gasteiger partial charge in [-0.15, -0.1) is 0 Å². The molecule has 4 heteroatoms. The fourth-order valence-corrected chi connectivity index (χ4v) is 2.00. The topological polar surface area (TPSA) is 46.0 Å². The minimum Gasteiger partial charge on any atom is -0.388 e. The summed E-state index contributed by atoms with van der Waals surface area (Å²) >= 11 is 3.36. The quantitative estimate of drug-likeness (QED) is 0.946. The van der Waals surface area contributed by atoms with Crippen LogP contribution in [0.15, 0.2) is 41.3 Å². The zero-order valence-electron chi connectivity index (χ0n) is 9.47. The highest BCUT2D eigenvalue weighted by Crippen LogP contribution is 2.19. The van der Waals surface area contributed by atoms with Gasteiger partial charge in [0, 0.05) is 35.2 Å². The Morgan fingerprint density at radius 2 is 2.12 bits per heavy atom. The van der Waals surface area contributed by atoms with Crippen molar-refractivity contribution in [3.05, 3.63) is 58.1 Å². The van der Waals surface area contributed by atoms with E-state index < -0.39 is 6.10 Å². The third-order valence-electron chi connectivity index (χ3n) is 2.51. The van der Waals surface area contributed by atoms with Crippen molar-refractivity contribution in [2.75, 3.05) is 0 Å². The van der Waals surface area contributed by atoms with Gasteiger partial charge in [0.05, 0.1) is 6.10 Å². The van der Waals surface area contributed by atoms with E-state index in [2.05, 4.69) is 25.9 Å². The lowest BCUT2D eigenvalue weighted by atomic mass is 10.0. The van der Waals surface area contributed by atoms with Crippen LogP contribution in [0.5, 0.6) is 0 Å². The summed E-state index contributed by atoms with van der Waals surface area (Å²) < 4.78 is 0.921. The maximum Gasteiger partial charge on any atom is 0.0845 e. The van der Waals surface area contributed by atoms with E-state index in [1.54, 1.807) is 18.6 Å². The molecule has 0 bridgehead atoms. The summed E-state index contributed by atoms with van der Waals surface area (Å²) in [6, 6.07) is 5.76. The largest absolute Gasteiger partial charge is 0.388 e. The molecule has 1 unspecified atom stereocenters. The first-order chi connectivity index (χ1) is 8.15. The van der Waals surface area contributed by atoms with Gasteiger partial charge in [0.2, 0.25) is 0 Å². The van der Waals surface area contributed by atoms with E-state index in [1.807, 2.05) is 25.1 Å². The van der Waals surface area contributed by atoms with E-state index in [1.165, 1.54) is 0 Å². The van der Waals surface area contributed by atoms with Gasteiger partial charge in [-0.1, -0.05) is 6.07 Å². The fraction of sp³-hybridized carbons (Fsp3) is 0.231. The summed E-state index contributed by atoms with van der Waals surface area (Å²) in [5.41, 5.74) is 2.77. The summed E-state index contributed by atoms with van der Waals surface area (Å²) in [6.07, 6.45) is 5.20. The monoisotopic (exact) mass is 292 g/mol. The van der Waals surface area contributed by atoms with Crippen LogP contribution in [0.4, 0.5) is 0 Å². The molecule has 0 saturated heterocycles. The molecule has 2 aromatic heterocycles. The van der Waals surface area contributed by atoms with Crippen molar-refractivity contribution >= 4 is 15.9 Å². The van der Waals surface area contributed by atoms with E-state index in [4.69, 9.17) is 0 Å². The molecule has 0 aliphatic rings. The number of aryl methyl sites for hydroxylation is 1. The van der Waals surface area contributed by atoms with Crippen LogP contribution in [-0.4, -0.2) is 15.1 Å². The second kappa shape index (κ2) is 5.38. The summed E-state index contributed by atoms with van der Waals surface area (Å²) in [7, 11) is 0. The number of aliphatic hydroxyl groups excluding tert-OH is 1. The van der Waals surface area contributed by atoms with Crippen LogP contribution in [-0.2, 0) is 6.42 Å². The van der Waals surface area contributed by atoms with Gasteiger partial charge in [-0.3, -0.25) is 9.97 Å². The molecule has 0 aromatic carbocycles. The van der Waals surface area contributed by atoms with Gasteiger partial charge in [0.1, 0.15) is 0 Å². The van der Waals surface area contributed by atoms with Crippen molar-refractivity contribution in [1.82, 2.24) is 9.97 Å². The first kappa shape index (κ1) is 12.2. The standard InChI is InChI=1S/C13H13BrN2O/c1-9-2-3-11(7-16-9)13(17)5-10-4-12(14)8-15-6-10/h2-4,6-8,13,17H,5H2,1H3. The first-order valence-corrected chi connectivity index (χ1v) is 6.14. The van der Waals surface area contributed by atoms with Gasteiger partial charge < -0.3 is 5.11 Å². The van der Waals surface area contributed by atoms with Gasteiger partial charge in [-0.25, -0.2) is 0 Å². The summed E-state index contributed by atoms with van der Waals surface area (Å²) in [5, 5.41) is 10.1. The number of aliphatic hydroxyl groups is 1. The van der Waals surface area contributed by atoms with Crippen LogP contribution >= 0.6 is 15.9 Å². The van der Waals surface area contributed by atoms with Crippen molar-refractivity contribution in [3.8, 4) is 0 Å². The van der Waals surface area contributed by atoms with E-state index in [0.29, 0.717) is 6.42 Å². The lowest BCUT2D eigenvalue weighted by molar-refractivity contribution is 0.178. The van der Waals surface area contributed by atoms with Crippen LogP contribution in [0, 0.1) is 6.92 Å². The Balaban J connectivity index is 2.11. The predicted octanol–water partition coefficient (Wildman–Crippen LogP) is 2.82. The number of aromatic nitrogens is 2. The zero-order chi connectivity index (χ0) is 12.3. The first-order valence-electron chi connectivity index (χ1n) is 5.35. The smallest absolute Gasteiger partial charge is 0.0845 e. The molecule has 17 heavy (non-hydrogen) atoms. The van der Waals surface area contributed by atoms with Gasteiger partial charge in [0.25, 0.3) is 0 Å². The van der Waals surface area contributed by atoms with Crippen LogP contribution in [0.2, 0.25) is 0 Å². The molecule has 3 nitrogen and oxygen atoms in total. The van der Waals surface area contributed by atoms with E-state index in [9.17, 15) is 5.11 Å². The molecule has 1 atom stereocenters. The highest BCUT2D eigenvalue weighted by Gasteiger charge is 2.09. The lowest BCUT2D eigenvalue weighted by Crippen LogP contribution is -2.03. The van der Waals surface area contributed by atoms with Crippen molar-refractivity contribution in [3.63, 3.8) is 0 Å². The molecule has 0 spiro atoms. The molecular weight excluding hydrogens is 280 g/mol. The minimum atomic E-state index is -0.542. The second-order valence-electron chi connectivity index (χ2n) is 3.96. The van der Waals surface area contributed by atoms with Crippen molar-refractivity contribution < 1.29 is 5.11 Å². The predicted molar refractivity (Wildman–Crippen MR) is 69.6 cm³/mol. The lowest BCUT2D eigenvalue weighted by Gasteiger charge is -2.10. The van der Waals surface area contributed by atoms with E-state index >= 15 is 0 Å². The molecular formula is C13H13BrN2O. The average Bonchev–Trinajstić information content (AvgIpc) is 2.29. The van der Waals surface area contributed by atoms with Crippen molar-refractivity contribution in [1.29, 1.82) is 0 Å². The molecule has 2 aromatic rings. The molecule has 1 N–H and O–H groups in total. The number of rotatable bonds is 3. The number of pyridine rings is 2. The number of halogens is 1. The molecule has 0 aliphatic heterocycles. The van der Waals surface area contributed by atoms with E-state index in [0.717, 1.165) is 21.3 Å². The Labute approximate surface area is 109 Å². The Kier molecular flexibility index (Phi) is 3.86. The Morgan fingerprint density at radius 3 is 2.76 bits per heavy atom. The van der Waals surface area contributed by atoms with Gasteiger partial charge >= 0.3 is 0 Å². The highest BCUT2D eigenvalue weighted by molar-refractivity contribution is 9.10. The van der Waals surface area contributed by atoms with Gasteiger partial charge in [-0.2, -0.15) is 0 Å². The van der Waals surface area contributed by atoms with Crippen LogP contribution in [0.3, 0.4) is 0 Å². The third-order valence-corrected chi connectivity index (χ3v) is 2.94. The molecule has 0 fully saturated rings. The average molecular weight is 293 g/mol. The molecule has 0 amide bonds. The molecule has 88 valence electrons. The normalized spacial score (nSPS) is 12.4. The van der Waals surface area contributed by atoms with Crippen LogP contribution in [0.25, 0.3) is 0 Å². The van der Waals surface area contributed by atoms with Crippen molar-refractivity contribution in [2.24, 2.45) is 0 Å². The molecule has 0 saturated carbocycles. The summed E-state index contributed by atoms with van der Waals surface area (Å²) in [4.78, 5) is 8.25. The maximum absolute atomic E-state index is 10.1. The molecule has 0 aliphatic carbocycles. The molecule has 0 radical (unpaired) electrons. The zero-order valence-corrected chi connectivity index (χ0v) is 11.1. The summed E-state index contributed by atoms with van der Waals surface area (Å²) in [6.45, 7) is 1.92. The Hall–Kier alpha value is -1.26. The van der Waals surface area contributed by atoms with Crippen LogP contribution in [0.1, 0.15) is 22.9 Å². The van der Waals surface area contributed by atoms with Crippen molar-refractivity contribution in [2.45, 2.75) is 19.4 Å². The molecule has 2 heterocycles. The van der Waals surface area contributed by atoms with Crippen LogP contribution < -0.4 is 0 Å². The third kappa shape index (κ3) is 3.35. The fourth-order valence-electron chi connectivity index (χ4n) is 1.58. The number of nitrogens with zero attached hydrogens (tertiary/aromatic N) is 2. The van der Waals surface area contributed by atoms with Gasteiger partial charge in [0.15, 0.2) is 0 Å². The Bertz CT molecular complexity index is 499. The minimum absolute atomic E-state index is 0.539. The highest BCUT2D eigenvalue weighted by atomic mass is 79.9. The number of hydrogen-bond donors (Lipinski definition) is 1. The van der Waals surface area contributed by atoms with E-state index in [-0.39, 0.29) is 0 Å². The summed E-state index contributed by atoms with van der Waals surface area (Å²) in [5.74, 6) is 0. The molecule has 2 rings (SSSR count).